The summed E-state index contributed by atoms with van der Waals surface area (Å²) in [5, 5.41) is 3.39. The first-order valence-corrected chi connectivity index (χ1v) is 11.1. The highest BCUT2D eigenvalue weighted by Crippen LogP contribution is 2.32. The number of benzene rings is 1. The van der Waals surface area contributed by atoms with Gasteiger partial charge in [0.05, 0.1) is 21.6 Å². The molecule has 2 aliphatic rings. The van der Waals surface area contributed by atoms with Gasteiger partial charge in [-0.2, -0.15) is 0 Å². The van der Waals surface area contributed by atoms with Crippen LogP contribution in [-0.4, -0.2) is 19.5 Å². The lowest BCUT2D eigenvalue weighted by molar-refractivity contribution is -0.116. The van der Waals surface area contributed by atoms with E-state index in [0.717, 1.165) is 43.4 Å². The zero-order valence-electron chi connectivity index (χ0n) is 15.0. The van der Waals surface area contributed by atoms with Gasteiger partial charge in [-0.15, -0.1) is 0 Å². The molecule has 0 saturated heterocycles. The summed E-state index contributed by atoms with van der Waals surface area (Å²) in [5.74, 6) is 0.143. The smallest absolute Gasteiger partial charge is 0.235 e. The fraction of sp³-hybridized carbons (Fsp3) is 0.526. The number of Topliss-reactive ketones (excluding diaryl/α,β-unsaturated/α-hetero) is 1. The first-order chi connectivity index (χ1) is 12.4. The van der Waals surface area contributed by atoms with E-state index in [1.165, 1.54) is 0 Å². The summed E-state index contributed by atoms with van der Waals surface area (Å²) in [7, 11) is -3.41. The van der Waals surface area contributed by atoms with Gasteiger partial charge in [0.15, 0.2) is 5.78 Å². The van der Waals surface area contributed by atoms with Gasteiger partial charge in [0, 0.05) is 17.7 Å². The molecule has 0 bridgehead atoms. The van der Waals surface area contributed by atoms with Gasteiger partial charge in [-0.05, 0) is 50.8 Å². The Hall–Kier alpha value is -1.53. The molecule has 7 heteroatoms. The van der Waals surface area contributed by atoms with Crippen molar-refractivity contribution in [2.75, 3.05) is 10.0 Å². The van der Waals surface area contributed by atoms with Crippen LogP contribution < -0.4 is 10.0 Å². The number of sulfonamides is 1. The van der Waals surface area contributed by atoms with Gasteiger partial charge in [-0.3, -0.25) is 9.52 Å². The standard InChI is InChI=1S/C19H25ClN2O3S/c1-13-17(8-5-9-19(13)23)21-18-12-14(10-11-16(18)20)22-26(24,25)15-6-3-2-4-7-15/h10-12,15,21-22H,2-9H2,1H3. The number of anilines is 2. The molecule has 1 fully saturated rings. The molecule has 0 aliphatic heterocycles. The first kappa shape index (κ1) is 19.2. The van der Waals surface area contributed by atoms with Gasteiger partial charge in [0.2, 0.25) is 10.0 Å². The second kappa shape index (κ2) is 8.01. The fourth-order valence-corrected chi connectivity index (χ4v) is 5.34. The number of nitrogens with one attached hydrogen (secondary N) is 2. The Labute approximate surface area is 160 Å². The Morgan fingerprint density at radius 3 is 2.54 bits per heavy atom. The van der Waals surface area contributed by atoms with E-state index in [2.05, 4.69) is 10.0 Å². The summed E-state index contributed by atoms with van der Waals surface area (Å²) < 4.78 is 27.9. The predicted octanol–water partition coefficient (Wildman–Crippen LogP) is 4.85. The predicted molar refractivity (Wildman–Crippen MR) is 106 cm³/mol. The van der Waals surface area contributed by atoms with Gasteiger partial charge in [-0.1, -0.05) is 30.9 Å². The molecule has 3 rings (SSSR count). The van der Waals surface area contributed by atoms with E-state index in [1.807, 2.05) is 6.92 Å². The van der Waals surface area contributed by atoms with Crippen LogP contribution >= 0.6 is 11.6 Å². The average molecular weight is 397 g/mol. The molecule has 0 aromatic heterocycles. The number of carbonyl (C=O) groups excluding carboxylic acids is 1. The molecular formula is C19H25ClN2O3S. The summed E-state index contributed by atoms with van der Waals surface area (Å²) >= 11 is 6.27. The second-order valence-electron chi connectivity index (χ2n) is 7.11. The third kappa shape index (κ3) is 4.41. The third-order valence-electron chi connectivity index (χ3n) is 5.20. The molecule has 1 aromatic rings. The van der Waals surface area contributed by atoms with Crippen molar-refractivity contribution in [1.82, 2.24) is 0 Å². The van der Waals surface area contributed by atoms with Crippen LogP contribution in [0.2, 0.25) is 5.02 Å². The zero-order chi connectivity index (χ0) is 18.7. The lowest BCUT2D eigenvalue weighted by atomic mass is 9.96. The van der Waals surface area contributed by atoms with Gasteiger partial charge < -0.3 is 5.32 Å². The van der Waals surface area contributed by atoms with Gasteiger partial charge >= 0.3 is 0 Å². The van der Waals surface area contributed by atoms with Crippen molar-refractivity contribution in [3.8, 4) is 0 Å². The number of ketones is 1. The largest absolute Gasteiger partial charge is 0.357 e. The summed E-state index contributed by atoms with van der Waals surface area (Å²) in [6.07, 6.45) is 6.61. The molecular weight excluding hydrogens is 372 g/mol. The van der Waals surface area contributed by atoms with Gasteiger partial charge in [0.25, 0.3) is 0 Å². The number of carbonyl (C=O) groups is 1. The monoisotopic (exact) mass is 396 g/mol. The van der Waals surface area contributed by atoms with Crippen LogP contribution in [0.15, 0.2) is 29.5 Å². The van der Waals surface area contributed by atoms with E-state index in [0.29, 0.717) is 35.7 Å². The van der Waals surface area contributed by atoms with Crippen LogP contribution in [0.4, 0.5) is 11.4 Å². The van der Waals surface area contributed by atoms with Crippen LogP contribution in [0, 0.1) is 0 Å². The van der Waals surface area contributed by atoms with Crippen molar-refractivity contribution in [2.24, 2.45) is 0 Å². The van der Waals surface area contributed by atoms with Crippen LogP contribution in [0.3, 0.4) is 0 Å². The van der Waals surface area contributed by atoms with Crippen molar-refractivity contribution < 1.29 is 13.2 Å². The lowest BCUT2D eigenvalue weighted by Gasteiger charge is -2.23. The van der Waals surface area contributed by atoms with Gasteiger partial charge in [0.1, 0.15) is 0 Å². The van der Waals surface area contributed by atoms with Crippen LogP contribution in [0.5, 0.6) is 0 Å². The second-order valence-corrected chi connectivity index (χ2v) is 9.48. The molecule has 26 heavy (non-hydrogen) atoms. The fourth-order valence-electron chi connectivity index (χ4n) is 3.60. The number of halogens is 1. The molecule has 1 aromatic carbocycles. The lowest BCUT2D eigenvalue weighted by Crippen LogP contribution is -2.29. The number of hydrogen-bond donors (Lipinski definition) is 2. The van der Waals surface area contributed by atoms with E-state index in [4.69, 9.17) is 11.6 Å². The molecule has 0 atom stereocenters. The highest BCUT2D eigenvalue weighted by atomic mass is 35.5. The summed E-state index contributed by atoms with van der Waals surface area (Å²) in [6, 6.07) is 5.03. The molecule has 0 radical (unpaired) electrons. The van der Waals surface area contributed by atoms with Crippen molar-refractivity contribution in [1.29, 1.82) is 0 Å². The highest BCUT2D eigenvalue weighted by molar-refractivity contribution is 7.93. The molecule has 0 heterocycles. The Kier molecular flexibility index (Phi) is 5.92. The highest BCUT2D eigenvalue weighted by Gasteiger charge is 2.27. The van der Waals surface area contributed by atoms with Crippen molar-refractivity contribution in [3.63, 3.8) is 0 Å². The molecule has 5 nitrogen and oxygen atoms in total. The Morgan fingerprint density at radius 2 is 1.81 bits per heavy atom. The number of allylic oxidation sites excluding steroid dienone is 2. The van der Waals surface area contributed by atoms with E-state index in [9.17, 15) is 13.2 Å². The zero-order valence-corrected chi connectivity index (χ0v) is 16.5. The molecule has 0 amide bonds. The molecule has 0 unspecified atom stereocenters. The number of rotatable bonds is 5. The maximum Gasteiger partial charge on any atom is 0.235 e. The van der Waals surface area contributed by atoms with Crippen molar-refractivity contribution >= 4 is 38.8 Å². The van der Waals surface area contributed by atoms with Gasteiger partial charge in [-0.25, -0.2) is 8.42 Å². The molecule has 0 spiro atoms. The Morgan fingerprint density at radius 1 is 1.08 bits per heavy atom. The normalized spacial score (nSPS) is 19.5. The maximum atomic E-state index is 12.6. The van der Waals surface area contributed by atoms with E-state index >= 15 is 0 Å². The molecule has 2 aliphatic carbocycles. The van der Waals surface area contributed by atoms with Crippen molar-refractivity contribution in [3.05, 3.63) is 34.5 Å². The minimum atomic E-state index is -3.41. The molecule has 1 saturated carbocycles. The first-order valence-electron chi connectivity index (χ1n) is 9.18. The minimum absolute atomic E-state index is 0.143. The third-order valence-corrected chi connectivity index (χ3v) is 7.40. The maximum absolute atomic E-state index is 12.6. The molecule has 142 valence electrons. The van der Waals surface area contributed by atoms with E-state index in [1.54, 1.807) is 18.2 Å². The number of hydrogen-bond acceptors (Lipinski definition) is 4. The summed E-state index contributed by atoms with van der Waals surface area (Å²) in [6.45, 7) is 1.81. The van der Waals surface area contributed by atoms with Crippen LogP contribution in [-0.2, 0) is 14.8 Å². The Bertz CT molecular complexity index is 827. The molecule has 2 N–H and O–H groups in total. The minimum Gasteiger partial charge on any atom is -0.357 e. The quantitative estimate of drug-likeness (QED) is 0.745. The summed E-state index contributed by atoms with van der Waals surface area (Å²) in [4.78, 5) is 11.9. The van der Waals surface area contributed by atoms with Crippen molar-refractivity contribution in [2.45, 2.75) is 63.5 Å². The summed E-state index contributed by atoms with van der Waals surface area (Å²) in [5.41, 5.74) is 2.68. The average Bonchev–Trinajstić information content (AvgIpc) is 2.62. The SMILES string of the molecule is CC1=C(Nc2cc(NS(=O)(=O)C3CCCCC3)ccc2Cl)CCCC1=O. The Balaban J connectivity index is 1.79. The van der Waals surface area contributed by atoms with E-state index < -0.39 is 10.0 Å². The van der Waals surface area contributed by atoms with E-state index in [-0.39, 0.29) is 11.0 Å². The van der Waals surface area contributed by atoms with Crippen LogP contribution in [0.1, 0.15) is 58.3 Å². The van der Waals surface area contributed by atoms with Crippen LogP contribution in [0.25, 0.3) is 0 Å². The topological polar surface area (TPSA) is 75.3 Å².